The third-order valence-corrected chi connectivity index (χ3v) is 4.08. The summed E-state index contributed by atoms with van der Waals surface area (Å²) in [5.74, 6) is 0.564. The van der Waals surface area contributed by atoms with E-state index >= 15 is 0 Å². The average molecular weight is 308 g/mol. The van der Waals surface area contributed by atoms with Gasteiger partial charge in [-0.05, 0) is 41.7 Å². The molecule has 2 aromatic rings. The third kappa shape index (κ3) is 3.81. The van der Waals surface area contributed by atoms with Crippen molar-refractivity contribution in [2.45, 2.75) is 19.4 Å². The number of allylic oxidation sites excluding steroid dienone is 1. The van der Waals surface area contributed by atoms with Crippen molar-refractivity contribution in [3.63, 3.8) is 0 Å². The molecular formula is C20H20O3. The number of benzene rings is 2. The summed E-state index contributed by atoms with van der Waals surface area (Å²) in [5.41, 5.74) is 3.44. The number of ether oxygens (including phenoxy) is 2. The van der Waals surface area contributed by atoms with E-state index in [-0.39, 0.29) is 11.9 Å². The standard InChI is InChI=1S/C20H20O3/c1-22-20(21)18-11-10-17(12-18)16-8-5-9-19(13-16)23-14-15-6-3-2-4-7-15/h2-9,12-13,18H,10-11,14H2,1H3. The lowest BCUT2D eigenvalue weighted by atomic mass is 10.1. The second-order valence-corrected chi connectivity index (χ2v) is 5.66. The maximum Gasteiger partial charge on any atom is 0.312 e. The zero-order chi connectivity index (χ0) is 16.1. The van der Waals surface area contributed by atoms with E-state index in [0.717, 1.165) is 29.7 Å². The highest BCUT2D eigenvalue weighted by Crippen LogP contribution is 2.33. The molecule has 0 radical (unpaired) electrons. The molecule has 0 aromatic heterocycles. The van der Waals surface area contributed by atoms with Crippen molar-refractivity contribution in [2.24, 2.45) is 5.92 Å². The first kappa shape index (κ1) is 15.3. The summed E-state index contributed by atoms with van der Waals surface area (Å²) >= 11 is 0. The average Bonchev–Trinajstić information content (AvgIpc) is 3.11. The Morgan fingerprint density at radius 1 is 1.13 bits per heavy atom. The Kier molecular flexibility index (Phi) is 4.77. The van der Waals surface area contributed by atoms with Gasteiger partial charge in [0.1, 0.15) is 12.4 Å². The monoisotopic (exact) mass is 308 g/mol. The van der Waals surface area contributed by atoms with Crippen molar-refractivity contribution in [2.75, 3.05) is 7.11 Å². The summed E-state index contributed by atoms with van der Waals surface area (Å²) in [6.07, 6.45) is 3.72. The van der Waals surface area contributed by atoms with Gasteiger partial charge < -0.3 is 9.47 Å². The van der Waals surface area contributed by atoms with Gasteiger partial charge in [-0.3, -0.25) is 4.79 Å². The minimum absolute atomic E-state index is 0.121. The van der Waals surface area contributed by atoms with Gasteiger partial charge in [0.25, 0.3) is 0 Å². The summed E-state index contributed by atoms with van der Waals surface area (Å²) in [5, 5.41) is 0. The molecule has 0 aliphatic heterocycles. The molecule has 0 spiro atoms. The zero-order valence-electron chi connectivity index (χ0n) is 13.2. The first-order chi connectivity index (χ1) is 11.3. The van der Waals surface area contributed by atoms with Gasteiger partial charge in [-0.2, -0.15) is 0 Å². The molecule has 0 fully saturated rings. The Labute approximate surface area is 136 Å². The van der Waals surface area contributed by atoms with Crippen LogP contribution in [0.5, 0.6) is 5.75 Å². The molecule has 0 heterocycles. The molecule has 0 amide bonds. The van der Waals surface area contributed by atoms with E-state index in [1.54, 1.807) is 0 Å². The largest absolute Gasteiger partial charge is 0.489 e. The number of hydrogen-bond donors (Lipinski definition) is 0. The van der Waals surface area contributed by atoms with Crippen LogP contribution in [0.1, 0.15) is 24.0 Å². The van der Waals surface area contributed by atoms with Crippen LogP contribution in [0.4, 0.5) is 0 Å². The van der Waals surface area contributed by atoms with Crippen LogP contribution in [0.15, 0.2) is 60.7 Å². The second kappa shape index (κ2) is 7.14. The number of carbonyl (C=O) groups is 1. The number of esters is 1. The van der Waals surface area contributed by atoms with Crippen molar-refractivity contribution in [1.29, 1.82) is 0 Å². The summed E-state index contributed by atoms with van der Waals surface area (Å²) in [6.45, 7) is 0.550. The topological polar surface area (TPSA) is 35.5 Å². The van der Waals surface area contributed by atoms with E-state index in [1.807, 2.05) is 54.6 Å². The summed E-state index contributed by atoms with van der Waals surface area (Å²) in [6, 6.07) is 18.1. The molecule has 0 saturated heterocycles. The molecule has 1 atom stereocenters. The predicted molar refractivity (Wildman–Crippen MR) is 89.9 cm³/mol. The van der Waals surface area contributed by atoms with Gasteiger partial charge in [0.05, 0.1) is 13.0 Å². The van der Waals surface area contributed by atoms with Gasteiger partial charge in [0.15, 0.2) is 0 Å². The van der Waals surface area contributed by atoms with E-state index in [2.05, 4.69) is 6.07 Å². The number of hydrogen-bond acceptors (Lipinski definition) is 3. The second-order valence-electron chi connectivity index (χ2n) is 5.66. The first-order valence-corrected chi connectivity index (χ1v) is 7.82. The lowest BCUT2D eigenvalue weighted by Gasteiger charge is -2.09. The Morgan fingerprint density at radius 3 is 2.74 bits per heavy atom. The van der Waals surface area contributed by atoms with Gasteiger partial charge in [0.2, 0.25) is 0 Å². The highest BCUT2D eigenvalue weighted by Gasteiger charge is 2.23. The molecule has 0 N–H and O–H groups in total. The maximum absolute atomic E-state index is 11.6. The van der Waals surface area contributed by atoms with Crippen LogP contribution in [-0.4, -0.2) is 13.1 Å². The van der Waals surface area contributed by atoms with E-state index in [0.29, 0.717) is 6.61 Å². The van der Waals surface area contributed by atoms with Gasteiger partial charge >= 0.3 is 5.97 Å². The number of methoxy groups -OCH3 is 1. The molecule has 23 heavy (non-hydrogen) atoms. The number of carbonyl (C=O) groups excluding carboxylic acids is 1. The summed E-state index contributed by atoms with van der Waals surface area (Å²) in [4.78, 5) is 11.6. The predicted octanol–water partition coefficient (Wildman–Crippen LogP) is 4.23. The fraction of sp³-hybridized carbons (Fsp3) is 0.250. The number of rotatable bonds is 5. The summed E-state index contributed by atoms with van der Waals surface area (Å²) < 4.78 is 10.7. The van der Waals surface area contributed by atoms with E-state index in [9.17, 15) is 4.79 Å². The molecule has 1 unspecified atom stereocenters. The van der Waals surface area contributed by atoms with Crippen LogP contribution in [0.25, 0.3) is 5.57 Å². The smallest absolute Gasteiger partial charge is 0.312 e. The van der Waals surface area contributed by atoms with Gasteiger partial charge in [-0.25, -0.2) is 0 Å². The molecule has 0 bridgehead atoms. The van der Waals surface area contributed by atoms with Crippen molar-refractivity contribution >= 4 is 11.5 Å². The molecule has 3 heteroatoms. The van der Waals surface area contributed by atoms with Crippen molar-refractivity contribution in [1.82, 2.24) is 0 Å². The van der Waals surface area contributed by atoms with Gasteiger partial charge in [-0.15, -0.1) is 0 Å². The molecule has 0 saturated carbocycles. The third-order valence-electron chi connectivity index (χ3n) is 4.08. The highest BCUT2D eigenvalue weighted by molar-refractivity contribution is 5.81. The van der Waals surface area contributed by atoms with Crippen LogP contribution in [0.2, 0.25) is 0 Å². The van der Waals surface area contributed by atoms with E-state index < -0.39 is 0 Å². The quantitative estimate of drug-likeness (QED) is 0.775. The minimum atomic E-state index is -0.156. The lowest BCUT2D eigenvalue weighted by molar-refractivity contribution is -0.143. The molecule has 3 rings (SSSR count). The fourth-order valence-corrected chi connectivity index (χ4v) is 2.82. The van der Waals surface area contributed by atoms with Crippen LogP contribution < -0.4 is 4.74 Å². The van der Waals surface area contributed by atoms with Crippen LogP contribution in [-0.2, 0) is 16.1 Å². The molecule has 1 aliphatic carbocycles. The fourth-order valence-electron chi connectivity index (χ4n) is 2.82. The molecule has 2 aromatic carbocycles. The molecule has 3 nitrogen and oxygen atoms in total. The van der Waals surface area contributed by atoms with Crippen molar-refractivity contribution in [3.05, 3.63) is 71.8 Å². The Balaban J connectivity index is 1.69. The highest BCUT2D eigenvalue weighted by atomic mass is 16.5. The molecular weight excluding hydrogens is 288 g/mol. The zero-order valence-corrected chi connectivity index (χ0v) is 13.2. The SMILES string of the molecule is COC(=O)C1C=C(c2cccc(OCc3ccccc3)c2)CC1. The lowest BCUT2D eigenvalue weighted by Crippen LogP contribution is -2.10. The normalized spacial score (nSPS) is 16.7. The van der Waals surface area contributed by atoms with Crippen LogP contribution >= 0.6 is 0 Å². The van der Waals surface area contributed by atoms with Gasteiger partial charge in [-0.1, -0.05) is 48.5 Å². The molecule has 1 aliphatic rings. The summed E-state index contributed by atoms with van der Waals surface area (Å²) in [7, 11) is 1.44. The Hall–Kier alpha value is -2.55. The van der Waals surface area contributed by atoms with Gasteiger partial charge in [0, 0.05) is 0 Å². The first-order valence-electron chi connectivity index (χ1n) is 7.82. The Bertz CT molecular complexity index is 704. The van der Waals surface area contributed by atoms with E-state index in [1.165, 1.54) is 12.7 Å². The van der Waals surface area contributed by atoms with Crippen LogP contribution in [0.3, 0.4) is 0 Å². The molecule has 118 valence electrons. The van der Waals surface area contributed by atoms with Crippen molar-refractivity contribution < 1.29 is 14.3 Å². The minimum Gasteiger partial charge on any atom is -0.489 e. The van der Waals surface area contributed by atoms with E-state index in [4.69, 9.17) is 9.47 Å². The van der Waals surface area contributed by atoms with Crippen molar-refractivity contribution in [3.8, 4) is 5.75 Å². The van der Waals surface area contributed by atoms with Crippen LogP contribution in [0, 0.1) is 5.92 Å². The maximum atomic E-state index is 11.6. The Morgan fingerprint density at radius 2 is 1.96 bits per heavy atom.